The highest BCUT2D eigenvalue weighted by atomic mass is 79.9. The van der Waals surface area contributed by atoms with E-state index >= 15 is 0 Å². The molecular formula is C11H10BrN5O3. The van der Waals surface area contributed by atoms with Gasteiger partial charge < -0.3 is 5.32 Å². The fourth-order valence-corrected chi connectivity index (χ4v) is 1.84. The molecule has 1 aromatic heterocycles. The molecule has 8 nitrogen and oxygen atoms in total. The maximum atomic E-state index is 11.9. The lowest BCUT2D eigenvalue weighted by Gasteiger charge is -2.04. The number of nitro benzene ring substituents is 1. The van der Waals surface area contributed by atoms with Gasteiger partial charge >= 0.3 is 0 Å². The van der Waals surface area contributed by atoms with Crippen molar-refractivity contribution in [2.45, 2.75) is 13.3 Å². The highest BCUT2D eigenvalue weighted by Crippen LogP contribution is 2.28. The van der Waals surface area contributed by atoms with Crippen LogP contribution < -0.4 is 5.32 Å². The second kappa shape index (κ2) is 5.78. The number of carbonyl (C=O) groups is 1. The molecule has 0 saturated carbocycles. The zero-order chi connectivity index (χ0) is 14.7. The maximum Gasteiger partial charge on any atom is 0.295 e. The number of aromatic amines is 1. The number of amides is 1. The third kappa shape index (κ3) is 2.99. The molecule has 1 amide bonds. The van der Waals surface area contributed by atoms with E-state index in [1.54, 1.807) is 6.07 Å². The van der Waals surface area contributed by atoms with Crippen molar-refractivity contribution in [3.8, 4) is 0 Å². The Morgan fingerprint density at radius 1 is 1.55 bits per heavy atom. The summed E-state index contributed by atoms with van der Waals surface area (Å²) in [4.78, 5) is 26.2. The third-order valence-corrected chi connectivity index (χ3v) is 2.97. The number of hydrogen-bond donors (Lipinski definition) is 2. The largest absolute Gasteiger partial charge is 0.313 e. The van der Waals surface area contributed by atoms with Crippen LogP contribution in [0, 0.1) is 10.1 Å². The smallest absolute Gasteiger partial charge is 0.295 e. The van der Waals surface area contributed by atoms with Gasteiger partial charge in [-0.15, -0.1) is 5.10 Å². The minimum absolute atomic E-state index is 0.0564. The lowest BCUT2D eigenvalue weighted by Crippen LogP contribution is -2.15. The maximum absolute atomic E-state index is 11.9. The van der Waals surface area contributed by atoms with Crippen molar-refractivity contribution in [3.63, 3.8) is 0 Å². The van der Waals surface area contributed by atoms with E-state index in [4.69, 9.17) is 0 Å². The van der Waals surface area contributed by atoms with Gasteiger partial charge in [-0.25, -0.2) is 4.98 Å². The minimum atomic E-state index is -0.605. The number of carbonyl (C=O) groups excluding carboxylic acids is 1. The fourth-order valence-electron chi connectivity index (χ4n) is 1.49. The van der Waals surface area contributed by atoms with Crippen LogP contribution in [0.5, 0.6) is 0 Å². The van der Waals surface area contributed by atoms with Crippen LogP contribution in [0.15, 0.2) is 22.7 Å². The second-order valence-electron chi connectivity index (χ2n) is 3.83. The number of benzene rings is 1. The second-order valence-corrected chi connectivity index (χ2v) is 4.75. The molecule has 9 heteroatoms. The van der Waals surface area contributed by atoms with Gasteiger partial charge in [-0.2, -0.15) is 0 Å². The number of nitro groups is 1. The Balaban J connectivity index is 2.25. The van der Waals surface area contributed by atoms with Gasteiger partial charge in [-0.1, -0.05) is 22.9 Å². The van der Waals surface area contributed by atoms with Gasteiger partial charge in [0.25, 0.3) is 11.6 Å². The molecule has 0 aliphatic carbocycles. The summed E-state index contributed by atoms with van der Waals surface area (Å²) in [5.41, 5.74) is -0.120. The highest BCUT2D eigenvalue weighted by Gasteiger charge is 2.19. The van der Waals surface area contributed by atoms with Crippen LogP contribution in [0.25, 0.3) is 0 Å². The summed E-state index contributed by atoms with van der Waals surface area (Å²) in [6, 6.07) is 4.34. The normalized spacial score (nSPS) is 10.3. The van der Waals surface area contributed by atoms with Crippen molar-refractivity contribution >= 4 is 33.2 Å². The van der Waals surface area contributed by atoms with Crippen LogP contribution in [0.1, 0.15) is 23.4 Å². The first kappa shape index (κ1) is 14.1. The van der Waals surface area contributed by atoms with E-state index in [1.165, 1.54) is 12.1 Å². The quantitative estimate of drug-likeness (QED) is 0.655. The molecule has 0 bridgehead atoms. The summed E-state index contributed by atoms with van der Waals surface area (Å²) in [5.74, 6) is -0.0918. The van der Waals surface area contributed by atoms with Crippen molar-refractivity contribution in [3.05, 3.63) is 44.4 Å². The molecule has 104 valence electrons. The number of hydrogen-bond acceptors (Lipinski definition) is 5. The molecule has 0 saturated heterocycles. The van der Waals surface area contributed by atoms with Gasteiger partial charge in [0.2, 0.25) is 5.82 Å². The van der Waals surface area contributed by atoms with Crippen LogP contribution in [0.2, 0.25) is 0 Å². The van der Waals surface area contributed by atoms with Crippen LogP contribution in [-0.4, -0.2) is 26.0 Å². The Bertz CT molecular complexity index is 670. The first-order chi connectivity index (χ1) is 9.51. The molecule has 0 aliphatic heterocycles. The molecule has 2 N–H and O–H groups in total. The van der Waals surface area contributed by atoms with E-state index < -0.39 is 10.8 Å². The molecule has 0 radical (unpaired) electrons. The summed E-state index contributed by atoms with van der Waals surface area (Å²) >= 11 is 3.14. The monoisotopic (exact) mass is 339 g/mol. The summed E-state index contributed by atoms with van der Waals surface area (Å²) in [6.45, 7) is 1.86. The lowest BCUT2D eigenvalue weighted by atomic mass is 10.2. The Hall–Kier alpha value is -2.29. The molecule has 1 aromatic carbocycles. The number of halogens is 1. The summed E-state index contributed by atoms with van der Waals surface area (Å²) in [5, 5.41) is 19.7. The summed E-state index contributed by atoms with van der Waals surface area (Å²) in [6.07, 6.45) is 0.610. The average molecular weight is 340 g/mol. The Kier molecular flexibility index (Phi) is 4.08. The molecule has 0 spiro atoms. The van der Waals surface area contributed by atoms with Gasteiger partial charge in [0, 0.05) is 17.0 Å². The number of nitrogens with zero attached hydrogens (tertiary/aromatic N) is 3. The zero-order valence-corrected chi connectivity index (χ0v) is 12.0. The first-order valence-electron chi connectivity index (χ1n) is 5.67. The highest BCUT2D eigenvalue weighted by molar-refractivity contribution is 9.10. The van der Waals surface area contributed by atoms with E-state index in [-0.39, 0.29) is 17.2 Å². The molecule has 2 rings (SSSR count). The summed E-state index contributed by atoms with van der Waals surface area (Å²) in [7, 11) is 0. The Labute approximate surface area is 121 Å². The Morgan fingerprint density at radius 3 is 2.90 bits per heavy atom. The van der Waals surface area contributed by atoms with E-state index in [0.29, 0.717) is 16.7 Å². The van der Waals surface area contributed by atoms with Gasteiger partial charge in [0.1, 0.15) is 11.5 Å². The standard InChI is InChI=1S/C11H10BrN5O3/c1-2-9-14-10(16-15-9)11(18)13-7-4-3-6(12)5-8(7)17(19)20/h3-5H,2H2,1H3,(H,13,18)(H,14,15,16). The molecule has 0 atom stereocenters. The van der Waals surface area contributed by atoms with Gasteiger partial charge in [0.05, 0.1) is 4.92 Å². The number of H-pyrrole nitrogens is 1. The predicted octanol–water partition coefficient (Wildman–Crippen LogP) is 2.29. The van der Waals surface area contributed by atoms with Crippen molar-refractivity contribution in [2.24, 2.45) is 0 Å². The first-order valence-corrected chi connectivity index (χ1v) is 6.47. The molecule has 0 fully saturated rings. The van der Waals surface area contributed by atoms with E-state index in [0.717, 1.165) is 0 Å². The predicted molar refractivity (Wildman–Crippen MR) is 74.5 cm³/mol. The number of nitrogens with one attached hydrogen (secondary N) is 2. The molecule has 1 heterocycles. The number of rotatable bonds is 4. The van der Waals surface area contributed by atoms with Crippen LogP contribution in [0.4, 0.5) is 11.4 Å². The number of aryl methyl sites for hydroxylation is 1. The molecule has 0 aliphatic rings. The molecule has 2 aromatic rings. The molecule has 20 heavy (non-hydrogen) atoms. The van der Waals surface area contributed by atoms with Gasteiger partial charge in [-0.05, 0) is 12.1 Å². The van der Waals surface area contributed by atoms with Crippen molar-refractivity contribution in [1.82, 2.24) is 15.2 Å². The zero-order valence-electron chi connectivity index (χ0n) is 10.4. The number of aromatic nitrogens is 3. The van der Waals surface area contributed by atoms with Crippen LogP contribution in [0.3, 0.4) is 0 Å². The average Bonchev–Trinajstić information content (AvgIpc) is 2.89. The van der Waals surface area contributed by atoms with E-state index in [9.17, 15) is 14.9 Å². The van der Waals surface area contributed by atoms with Gasteiger partial charge in [-0.3, -0.25) is 20.0 Å². The van der Waals surface area contributed by atoms with Crippen molar-refractivity contribution < 1.29 is 9.72 Å². The third-order valence-electron chi connectivity index (χ3n) is 2.47. The molecular weight excluding hydrogens is 330 g/mol. The van der Waals surface area contributed by atoms with E-state index in [1.807, 2.05) is 6.92 Å². The Morgan fingerprint density at radius 2 is 2.30 bits per heavy atom. The molecule has 0 unspecified atom stereocenters. The van der Waals surface area contributed by atoms with Crippen molar-refractivity contribution in [1.29, 1.82) is 0 Å². The van der Waals surface area contributed by atoms with E-state index in [2.05, 4.69) is 36.4 Å². The number of anilines is 1. The fraction of sp³-hybridized carbons (Fsp3) is 0.182. The van der Waals surface area contributed by atoms with Crippen LogP contribution >= 0.6 is 15.9 Å². The minimum Gasteiger partial charge on any atom is -0.313 e. The topological polar surface area (TPSA) is 114 Å². The van der Waals surface area contributed by atoms with Crippen LogP contribution in [-0.2, 0) is 6.42 Å². The van der Waals surface area contributed by atoms with Gasteiger partial charge in [0.15, 0.2) is 0 Å². The summed E-state index contributed by atoms with van der Waals surface area (Å²) < 4.78 is 0.549. The lowest BCUT2D eigenvalue weighted by molar-refractivity contribution is -0.384. The van der Waals surface area contributed by atoms with Crippen molar-refractivity contribution in [2.75, 3.05) is 5.32 Å². The SMILES string of the molecule is CCc1nc(C(=O)Nc2ccc(Br)cc2[N+](=O)[O-])n[nH]1.